The van der Waals surface area contributed by atoms with Gasteiger partial charge in [-0.05, 0) is 6.92 Å². The summed E-state index contributed by atoms with van der Waals surface area (Å²) < 4.78 is 4.41. The zero-order valence-corrected chi connectivity index (χ0v) is 14.6. The van der Waals surface area contributed by atoms with Crippen LogP contribution < -0.4 is 21.5 Å². The lowest BCUT2D eigenvalue weighted by molar-refractivity contribution is 0.573. The predicted molar refractivity (Wildman–Crippen MR) is 98.0 cm³/mol. The van der Waals surface area contributed by atoms with Crippen molar-refractivity contribution in [2.24, 2.45) is 7.05 Å². The predicted octanol–water partition coefficient (Wildman–Crippen LogP) is -0.484. The van der Waals surface area contributed by atoms with Gasteiger partial charge in [0.2, 0.25) is 5.95 Å². The van der Waals surface area contributed by atoms with Gasteiger partial charge in [0.1, 0.15) is 0 Å². The van der Waals surface area contributed by atoms with E-state index in [1.807, 2.05) is 4.57 Å². The number of imidazole rings is 1. The second-order valence-corrected chi connectivity index (χ2v) is 5.88. The van der Waals surface area contributed by atoms with Crippen molar-refractivity contribution < 1.29 is 0 Å². The molecule has 0 aromatic carbocycles. The number of allylic oxidation sites excluding steroid dienone is 1. The zero-order chi connectivity index (χ0) is 18.0. The molecule has 0 unspecified atom stereocenters. The van der Waals surface area contributed by atoms with Crippen LogP contribution in [0.15, 0.2) is 22.2 Å². The Hall–Kier alpha value is -2.79. The van der Waals surface area contributed by atoms with Gasteiger partial charge in [0.25, 0.3) is 5.56 Å². The molecule has 132 valence electrons. The van der Waals surface area contributed by atoms with Crippen molar-refractivity contribution in [1.29, 1.82) is 0 Å². The monoisotopic (exact) mass is 342 g/mol. The second kappa shape index (κ2) is 6.99. The molecule has 8 heteroatoms. The summed E-state index contributed by atoms with van der Waals surface area (Å²) >= 11 is 0. The largest absolute Gasteiger partial charge is 0.340 e. The summed E-state index contributed by atoms with van der Waals surface area (Å²) in [4.78, 5) is 32.0. The first-order valence-corrected chi connectivity index (χ1v) is 8.26. The van der Waals surface area contributed by atoms with Crippen molar-refractivity contribution >= 4 is 17.1 Å². The van der Waals surface area contributed by atoms with Crippen molar-refractivity contribution in [3.63, 3.8) is 0 Å². The third-order valence-electron chi connectivity index (χ3n) is 4.34. The molecule has 0 radical (unpaired) electrons. The molecular formula is C17H22N6O2. The fraction of sp³-hybridized carbons (Fsp3) is 0.471. The average Bonchev–Trinajstić information content (AvgIpc) is 3.01. The second-order valence-electron chi connectivity index (χ2n) is 5.88. The van der Waals surface area contributed by atoms with Crippen LogP contribution in [-0.2, 0) is 20.1 Å². The summed E-state index contributed by atoms with van der Waals surface area (Å²) in [6.45, 7) is 9.38. The fourth-order valence-corrected chi connectivity index (χ4v) is 3.05. The molecule has 0 bridgehead atoms. The number of piperazine rings is 1. The zero-order valence-electron chi connectivity index (χ0n) is 14.6. The van der Waals surface area contributed by atoms with Crippen LogP contribution in [0.25, 0.3) is 11.2 Å². The van der Waals surface area contributed by atoms with E-state index in [0.29, 0.717) is 30.2 Å². The minimum Gasteiger partial charge on any atom is -0.340 e. The molecule has 1 saturated heterocycles. The van der Waals surface area contributed by atoms with Gasteiger partial charge in [-0.2, -0.15) is 4.98 Å². The van der Waals surface area contributed by atoms with Crippen molar-refractivity contribution in [2.75, 3.05) is 31.1 Å². The van der Waals surface area contributed by atoms with Crippen molar-refractivity contribution in [3.8, 4) is 11.8 Å². The molecule has 1 aliphatic heterocycles. The van der Waals surface area contributed by atoms with E-state index in [1.165, 1.54) is 11.6 Å². The molecule has 2 aromatic rings. The minimum atomic E-state index is -0.393. The standard InChI is InChI=1S/C17H22N6O2/c1-4-6-10-22-13-14(19-16(22)21-11-7-18-8-12-21)23(9-5-2)17(25)20(3)15(13)24/h5,18H,2,7-12H2,1,3H3. The number of hydrogen-bond acceptors (Lipinski definition) is 5. The van der Waals surface area contributed by atoms with E-state index >= 15 is 0 Å². The molecule has 3 heterocycles. The third kappa shape index (κ3) is 2.87. The number of nitrogens with one attached hydrogen (secondary N) is 1. The van der Waals surface area contributed by atoms with E-state index in [9.17, 15) is 9.59 Å². The van der Waals surface area contributed by atoms with Gasteiger partial charge in [0.15, 0.2) is 11.2 Å². The topological polar surface area (TPSA) is 77.1 Å². The average molecular weight is 342 g/mol. The maximum atomic E-state index is 12.8. The van der Waals surface area contributed by atoms with E-state index < -0.39 is 5.69 Å². The van der Waals surface area contributed by atoms with E-state index in [4.69, 9.17) is 0 Å². The highest BCUT2D eigenvalue weighted by Crippen LogP contribution is 2.20. The fourth-order valence-electron chi connectivity index (χ4n) is 3.05. The molecule has 1 N–H and O–H groups in total. The first kappa shape index (κ1) is 17.0. The molecule has 0 atom stereocenters. The summed E-state index contributed by atoms with van der Waals surface area (Å²) in [5, 5.41) is 3.30. The lowest BCUT2D eigenvalue weighted by atomic mass is 10.4. The Morgan fingerprint density at radius 3 is 2.64 bits per heavy atom. The summed E-state index contributed by atoms with van der Waals surface area (Å²) in [6, 6.07) is 0. The summed E-state index contributed by atoms with van der Waals surface area (Å²) in [7, 11) is 1.48. The number of hydrogen-bond donors (Lipinski definition) is 1. The van der Waals surface area contributed by atoms with E-state index in [2.05, 4.69) is 33.6 Å². The quantitative estimate of drug-likeness (QED) is 0.600. The Kier molecular flexibility index (Phi) is 4.76. The van der Waals surface area contributed by atoms with E-state index in [-0.39, 0.29) is 5.56 Å². The van der Waals surface area contributed by atoms with Crippen LogP contribution >= 0.6 is 0 Å². The lowest BCUT2D eigenvalue weighted by Gasteiger charge is -2.28. The van der Waals surface area contributed by atoms with Crippen molar-refractivity contribution in [3.05, 3.63) is 33.5 Å². The molecule has 1 fully saturated rings. The maximum absolute atomic E-state index is 12.8. The molecular weight excluding hydrogens is 320 g/mol. The molecule has 0 spiro atoms. The van der Waals surface area contributed by atoms with Gasteiger partial charge >= 0.3 is 5.69 Å². The highest BCUT2D eigenvalue weighted by molar-refractivity contribution is 5.75. The summed E-state index contributed by atoms with van der Waals surface area (Å²) in [5.74, 6) is 6.55. The first-order valence-electron chi connectivity index (χ1n) is 8.26. The van der Waals surface area contributed by atoms with Crippen molar-refractivity contribution in [2.45, 2.75) is 20.0 Å². The minimum absolute atomic E-state index is 0.293. The van der Waals surface area contributed by atoms with Gasteiger partial charge < -0.3 is 10.2 Å². The van der Waals surface area contributed by atoms with Gasteiger partial charge in [-0.3, -0.25) is 18.5 Å². The Bertz CT molecular complexity index is 979. The molecule has 0 amide bonds. The van der Waals surface area contributed by atoms with Crippen LogP contribution in [0, 0.1) is 11.8 Å². The Labute approximate surface area is 145 Å². The molecule has 8 nitrogen and oxygen atoms in total. The molecule has 2 aromatic heterocycles. The Morgan fingerprint density at radius 2 is 2.00 bits per heavy atom. The van der Waals surface area contributed by atoms with Gasteiger partial charge in [0.05, 0.1) is 6.54 Å². The lowest BCUT2D eigenvalue weighted by Crippen LogP contribution is -2.44. The van der Waals surface area contributed by atoms with Crippen LogP contribution in [0.3, 0.4) is 0 Å². The van der Waals surface area contributed by atoms with Gasteiger partial charge in [0, 0.05) is 39.8 Å². The van der Waals surface area contributed by atoms with Gasteiger partial charge in [-0.1, -0.05) is 12.0 Å². The molecule has 3 rings (SSSR count). The van der Waals surface area contributed by atoms with Crippen molar-refractivity contribution in [1.82, 2.24) is 24.0 Å². The SMILES string of the molecule is C=CCn1c(=O)n(C)c(=O)c2c1nc(N1CCNCC1)n2CC#CC. The number of anilines is 1. The van der Waals surface area contributed by atoms with Crippen LogP contribution in [0.4, 0.5) is 5.95 Å². The van der Waals surface area contributed by atoms with Gasteiger partial charge in [-0.25, -0.2) is 4.79 Å². The van der Waals surface area contributed by atoms with Crippen LogP contribution in [0.5, 0.6) is 0 Å². The molecule has 0 aliphatic carbocycles. The number of aromatic nitrogens is 4. The normalized spacial score (nSPS) is 14.4. The molecule has 0 saturated carbocycles. The smallest absolute Gasteiger partial charge is 0.332 e. The van der Waals surface area contributed by atoms with Gasteiger partial charge in [-0.15, -0.1) is 12.5 Å². The highest BCUT2D eigenvalue weighted by atomic mass is 16.2. The first-order chi connectivity index (χ1) is 12.1. The molecule has 25 heavy (non-hydrogen) atoms. The number of nitrogens with zero attached hydrogens (tertiary/aromatic N) is 5. The number of fused-ring (bicyclic) bond motifs is 1. The maximum Gasteiger partial charge on any atom is 0.332 e. The van der Waals surface area contributed by atoms with E-state index in [1.54, 1.807) is 13.0 Å². The Balaban J connectivity index is 2.35. The van der Waals surface area contributed by atoms with Crippen LogP contribution in [-0.4, -0.2) is 44.9 Å². The van der Waals surface area contributed by atoms with E-state index in [0.717, 1.165) is 30.7 Å². The van der Waals surface area contributed by atoms with Crippen LogP contribution in [0.1, 0.15) is 6.92 Å². The summed E-state index contributed by atoms with van der Waals surface area (Å²) in [5.41, 5.74) is 0.0438. The number of rotatable bonds is 4. The summed E-state index contributed by atoms with van der Waals surface area (Å²) in [6.07, 6.45) is 1.63. The Morgan fingerprint density at radius 1 is 1.28 bits per heavy atom. The van der Waals surface area contributed by atoms with Crippen LogP contribution in [0.2, 0.25) is 0 Å². The third-order valence-corrected chi connectivity index (χ3v) is 4.34. The highest BCUT2D eigenvalue weighted by Gasteiger charge is 2.23. The molecule has 1 aliphatic rings.